The van der Waals surface area contributed by atoms with Crippen LogP contribution in [0.3, 0.4) is 0 Å². The van der Waals surface area contributed by atoms with Crippen molar-refractivity contribution >= 4 is 21.7 Å². The number of hydrogen-bond acceptors (Lipinski definition) is 5. The van der Waals surface area contributed by atoms with Crippen LogP contribution in [0.1, 0.15) is 25.2 Å². The SMILES string of the molecule is C[C@@H]1CN(Cc2c(O)ccc3c(=O)c(-c4cccc5ccccc45)c(C(F)(F)F)oc23)C[C@H](C)O1. The average molecular weight is 483 g/mol. The molecule has 1 aliphatic heterocycles. The lowest BCUT2D eigenvalue weighted by molar-refractivity contribution is -0.152. The van der Waals surface area contributed by atoms with Crippen LogP contribution in [0.5, 0.6) is 5.75 Å². The summed E-state index contributed by atoms with van der Waals surface area (Å²) in [6, 6.07) is 14.5. The molecule has 1 aromatic heterocycles. The lowest BCUT2D eigenvalue weighted by Crippen LogP contribution is -2.44. The van der Waals surface area contributed by atoms with Crippen LogP contribution in [0.25, 0.3) is 32.9 Å². The fourth-order valence-corrected chi connectivity index (χ4v) is 4.98. The second kappa shape index (κ2) is 8.70. The maximum Gasteiger partial charge on any atom is 0.450 e. The van der Waals surface area contributed by atoms with Gasteiger partial charge < -0.3 is 14.3 Å². The van der Waals surface area contributed by atoms with Gasteiger partial charge in [-0.1, -0.05) is 42.5 Å². The summed E-state index contributed by atoms with van der Waals surface area (Å²) in [5.74, 6) is -1.60. The number of fused-ring (bicyclic) bond motifs is 2. The highest BCUT2D eigenvalue weighted by Gasteiger charge is 2.40. The van der Waals surface area contributed by atoms with Gasteiger partial charge in [0.05, 0.1) is 28.7 Å². The van der Waals surface area contributed by atoms with Gasteiger partial charge in [0.25, 0.3) is 0 Å². The third kappa shape index (κ3) is 4.28. The van der Waals surface area contributed by atoms with Crippen molar-refractivity contribution in [2.45, 2.75) is 38.8 Å². The number of phenols is 1. The molecule has 4 aromatic rings. The molecule has 0 amide bonds. The molecule has 5 nitrogen and oxygen atoms in total. The molecule has 182 valence electrons. The fourth-order valence-electron chi connectivity index (χ4n) is 4.98. The molecule has 0 aliphatic carbocycles. The first-order valence-corrected chi connectivity index (χ1v) is 11.4. The number of nitrogens with zero attached hydrogens (tertiary/aromatic N) is 1. The van der Waals surface area contributed by atoms with E-state index in [0.717, 1.165) is 0 Å². The number of ether oxygens (including phenoxy) is 1. The van der Waals surface area contributed by atoms with E-state index in [0.29, 0.717) is 23.9 Å². The van der Waals surface area contributed by atoms with Crippen LogP contribution in [0.4, 0.5) is 13.2 Å². The molecule has 1 saturated heterocycles. The second-order valence-electron chi connectivity index (χ2n) is 9.05. The van der Waals surface area contributed by atoms with Gasteiger partial charge in [-0.3, -0.25) is 9.69 Å². The van der Waals surface area contributed by atoms with Crippen LogP contribution in [0.2, 0.25) is 0 Å². The summed E-state index contributed by atoms with van der Waals surface area (Å²) in [4.78, 5) is 15.6. The number of alkyl halides is 3. The Labute approximate surface area is 199 Å². The van der Waals surface area contributed by atoms with Gasteiger partial charge >= 0.3 is 6.18 Å². The Bertz CT molecular complexity index is 1460. The number of rotatable bonds is 3. The van der Waals surface area contributed by atoms with Crippen LogP contribution in [-0.2, 0) is 17.5 Å². The lowest BCUT2D eigenvalue weighted by atomic mass is 9.95. The fraction of sp³-hybridized carbons (Fsp3) is 0.296. The van der Waals surface area contributed by atoms with E-state index < -0.39 is 22.9 Å². The Morgan fingerprint density at radius 1 is 0.971 bits per heavy atom. The minimum absolute atomic E-state index is 0.0110. The highest BCUT2D eigenvalue weighted by Crippen LogP contribution is 2.41. The van der Waals surface area contributed by atoms with Gasteiger partial charge in [-0.2, -0.15) is 13.2 Å². The zero-order valence-electron chi connectivity index (χ0n) is 19.2. The molecule has 8 heteroatoms. The zero-order chi connectivity index (χ0) is 24.9. The quantitative estimate of drug-likeness (QED) is 0.390. The van der Waals surface area contributed by atoms with Crippen molar-refractivity contribution in [2.24, 2.45) is 0 Å². The molecule has 0 radical (unpaired) electrons. The monoisotopic (exact) mass is 483 g/mol. The molecule has 1 aliphatic rings. The molecule has 3 aromatic carbocycles. The summed E-state index contributed by atoms with van der Waals surface area (Å²) in [7, 11) is 0. The summed E-state index contributed by atoms with van der Waals surface area (Å²) in [5, 5.41) is 11.8. The first kappa shape index (κ1) is 23.4. The molecule has 0 unspecified atom stereocenters. The van der Waals surface area contributed by atoms with Crippen LogP contribution in [-0.4, -0.2) is 35.3 Å². The number of morpholine rings is 1. The van der Waals surface area contributed by atoms with Gasteiger partial charge in [0.2, 0.25) is 11.2 Å². The Hall–Kier alpha value is -3.36. The third-order valence-electron chi connectivity index (χ3n) is 6.33. The number of halogens is 3. The van der Waals surface area contributed by atoms with Crippen molar-refractivity contribution in [3.63, 3.8) is 0 Å². The maximum atomic E-state index is 14.3. The van der Waals surface area contributed by atoms with E-state index in [1.54, 1.807) is 36.4 Å². The van der Waals surface area contributed by atoms with Crippen molar-refractivity contribution in [3.05, 3.63) is 76.1 Å². The summed E-state index contributed by atoms with van der Waals surface area (Å²) in [6.07, 6.45) is -5.08. The van der Waals surface area contributed by atoms with E-state index in [1.807, 2.05) is 18.7 Å². The largest absolute Gasteiger partial charge is 0.507 e. The molecular formula is C27H24F3NO4. The molecule has 0 saturated carbocycles. The van der Waals surface area contributed by atoms with Gasteiger partial charge in [-0.15, -0.1) is 0 Å². The average Bonchev–Trinajstić information content (AvgIpc) is 2.79. The molecule has 2 heterocycles. The third-order valence-corrected chi connectivity index (χ3v) is 6.33. The first-order valence-electron chi connectivity index (χ1n) is 11.4. The lowest BCUT2D eigenvalue weighted by Gasteiger charge is -2.35. The van der Waals surface area contributed by atoms with E-state index in [9.17, 15) is 23.1 Å². The topological polar surface area (TPSA) is 62.9 Å². The van der Waals surface area contributed by atoms with Crippen molar-refractivity contribution in [2.75, 3.05) is 13.1 Å². The van der Waals surface area contributed by atoms with Gasteiger partial charge in [0, 0.05) is 19.6 Å². The number of benzene rings is 3. The van der Waals surface area contributed by atoms with Crippen LogP contribution < -0.4 is 5.43 Å². The van der Waals surface area contributed by atoms with E-state index >= 15 is 0 Å². The Kier molecular flexibility index (Phi) is 5.81. The number of aromatic hydroxyl groups is 1. The van der Waals surface area contributed by atoms with E-state index in [1.165, 1.54) is 18.2 Å². The Morgan fingerprint density at radius 3 is 2.37 bits per heavy atom. The zero-order valence-corrected chi connectivity index (χ0v) is 19.2. The normalized spacial score (nSPS) is 19.5. The molecule has 1 fully saturated rings. The highest BCUT2D eigenvalue weighted by atomic mass is 19.4. The summed E-state index contributed by atoms with van der Waals surface area (Å²) in [6.45, 7) is 5.00. The van der Waals surface area contributed by atoms with Crippen LogP contribution in [0, 0.1) is 0 Å². The van der Waals surface area contributed by atoms with Gasteiger partial charge in [-0.25, -0.2) is 0 Å². The van der Waals surface area contributed by atoms with Crippen LogP contribution >= 0.6 is 0 Å². The number of phenolic OH excluding ortho intramolecular Hbond substituents is 1. The summed E-state index contributed by atoms with van der Waals surface area (Å²) < 4.78 is 54.2. The minimum atomic E-state index is -4.93. The van der Waals surface area contributed by atoms with Crippen molar-refractivity contribution in [3.8, 4) is 16.9 Å². The molecule has 35 heavy (non-hydrogen) atoms. The summed E-state index contributed by atoms with van der Waals surface area (Å²) in [5.41, 5.74) is -1.28. The standard InChI is InChI=1S/C27H24F3NO4/c1-15-12-31(13-16(2)34-15)14-21-22(32)11-10-20-24(33)23(26(27(28,29)30)35-25(20)21)19-9-5-7-17-6-3-4-8-18(17)19/h3-11,15-16,32H,12-14H2,1-2H3/t15-,16+. The molecule has 5 rings (SSSR count). The Morgan fingerprint density at radius 2 is 1.66 bits per heavy atom. The molecule has 0 bridgehead atoms. The van der Waals surface area contributed by atoms with Crippen molar-refractivity contribution in [1.82, 2.24) is 4.90 Å². The maximum absolute atomic E-state index is 14.3. The summed E-state index contributed by atoms with van der Waals surface area (Å²) >= 11 is 0. The van der Waals surface area contributed by atoms with E-state index in [2.05, 4.69) is 0 Å². The first-order chi connectivity index (χ1) is 16.6. The van der Waals surface area contributed by atoms with Crippen LogP contribution in [0.15, 0.2) is 63.8 Å². The molecule has 0 spiro atoms. The predicted molar refractivity (Wildman–Crippen MR) is 127 cm³/mol. The molecule has 2 atom stereocenters. The van der Waals surface area contributed by atoms with E-state index in [4.69, 9.17) is 9.15 Å². The van der Waals surface area contributed by atoms with Gasteiger partial charge in [0.1, 0.15) is 11.3 Å². The molecule has 1 N–H and O–H groups in total. The Balaban J connectivity index is 1.76. The highest BCUT2D eigenvalue weighted by molar-refractivity contribution is 5.99. The number of hydrogen-bond donors (Lipinski definition) is 1. The second-order valence-corrected chi connectivity index (χ2v) is 9.05. The smallest absolute Gasteiger partial charge is 0.450 e. The minimum Gasteiger partial charge on any atom is -0.507 e. The van der Waals surface area contributed by atoms with Crippen molar-refractivity contribution < 1.29 is 27.4 Å². The van der Waals surface area contributed by atoms with Gasteiger partial charge in [0.15, 0.2) is 0 Å². The molecular weight excluding hydrogens is 459 g/mol. The van der Waals surface area contributed by atoms with Gasteiger partial charge in [-0.05, 0) is 42.3 Å². The van der Waals surface area contributed by atoms with Crippen molar-refractivity contribution in [1.29, 1.82) is 0 Å². The van der Waals surface area contributed by atoms with E-state index in [-0.39, 0.29) is 46.6 Å². The predicted octanol–water partition coefficient (Wildman–Crippen LogP) is 5.95.